The largest absolute Gasteiger partial charge is 0.465 e. The molecule has 1 N–H and O–H groups in total. The van der Waals surface area contributed by atoms with Crippen molar-refractivity contribution in [1.29, 1.82) is 0 Å². The number of aliphatic hydroxyl groups excluding tert-OH is 1. The van der Waals surface area contributed by atoms with Crippen LogP contribution >= 0.6 is 11.3 Å². The van der Waals surface area contributed by atoms with E-state index >= 15 is 0 Å². The Balaban J connectivity index is 1.74. The topological polar surface area (TPSA) is 55.8 Å². The van der Waals surface area contributed by atoms with Gasteiger partial charge in [0, 0.05) is 16.4 Å². The van der Waals surface area contributed by atoms with E-state index in [-0.39, 0.29) is 28.9 Å². The molecule has 0 radical (unpaired) electrons. The van der Waals surface area contributed by atoms with Gasteiger partial charge in [-0.1, -0.05) is 50.8 Å². The van der Waals surface area contributed by atoms with Crippen molar-refractivity contribution in [3.05, 3.63) is 57.8 Å². The van der Waals surface area contributed by atoms with Crippen molar-refractivity contribution >= 4 is 25.6 Å². The smallest absolute Gasteiger partial charge is 0.348 e. The van der Waals surface area contributed by atoms with Crippen molar-refractivity contribution in [2.75, 3.05) is 7.11 Å². The number of esters is 1. The first-order valence-electron chi connectivity index (χ1n) is 12.1. The van der Waals surface area contributed by atoms with Crippen LogP contribution in [0.2, 0.25) is 18.1 Å². The molecule has 1 aliphatic rings. The number of ether oxygens (including phenoxy) is 1. The first-order valence-corrected chi connectivity index (χ1v) is 15.8. The van der Waals surface area contributed by atoms with E-state index in [0.29, 0.717) is 11.3 Å². The fourth-order valence-corrected chi connectivity index (χ4v) is 6.57. The van der Waals surface area contributed by atoms with Crippen LogP contribution in [0.4, 0.5) is 0 Å². The predicted octanol–water partition coefficient (Wildman–Crippen LogP) is 6.30. The number of methoxy groups -OCH3 is 1. The number of benzene rings is 1. The van der Waals surface area contributed by atoms with E-state index in [1.54, 1.807) is 0 Å². The van der Waals surface area contributed by atoms with Crippen molar-refractivity contribution in [2.24, 2.45) is 11.8 Å². The van der Waals surface area contributed by atoms with Gasteiger partial charge in [-0.05, 0) is 68.1 Å². The molecule has 4 atom stereocenters. The van der Waals surface area contributed by atoms with Gasteiger partial charge >= 0.3 is 5.97 Å². The van der Waals surface area contributed by atoms with E-state index in [4.69, 9.17) is 9.16 Å². The molecule has 6 heteroatoms. The minimum Gasteiger partial charge on any atom is -0.465 e. The van der Waals surface area contributed by atoms with E-state index in [1.165, 1.54) is 18.4 Å². The number of hydrogen-bond donors (Lipinski definition) is 1. The third-order valence-electron chi connectivity index (χ3n) is 7.25. The molecule has 1 aromatic heterocycles. The van der Waals surface area contributed by atoms with Crippen LogP contribution in [0.15, 0.2) is 42.5 Å². The average molecular weight is 499 g/mol. The van der Waals surface area contributed by atoms with Gasteiger partial charge in [-0.3, -0.25) is 0 Å². The number of aliphatic hydroxyl groups is 1. The molecule has 0 saturated heterocycles. The van der Waals surface area contributed by atoms with Crippen LogP contribution in [0, 0.1) is 23.7 Å². The normalized spacial score (nSPS) is 22.8. The van der Waals surface area contributed by atoms with E-state index in [0.717, 1.165) is 29.7 Å². The molecular formula is C28H38O4SSi. The highest BCUT2D eigenvalue weighted by atomic mass is 32.1. The summed E-state index contributed by atoms with van der Waals surface area (Å²) in [7, 11) is -0.591. The SMILES string of the molecule is COC(=O)c1ccc(CCC[C@H]2[C@@H](O)CC(O[Si](C)(C)C(C)(C)C)[C@@H]2C#Cc2ccccc2)s1. The number of aryl methyl sites for hydroxylation is 1. The van der Waals surface area contributed by atoms with Gasteiger partial charge in [0.05, 0.1) is 25.2 Å². The molecule has 0 bridgehead atoms. The van der Waals surface area contributed by atoms with Gasteiger partial charge in [-0.2, -0.15) is 0 Å². The van der Waals surface area contributed by atoms with Gasteiger partial charge in [0.2, 0.25) is 0 Å². The maximum absolute atomic E-state index is 11.7. The molecule has 1 saturated carbocycles. The zero-order valence-electron chi connectivity index (χ0n) is 21.3. The van der Waals surface area contributed by atoms with E-state index < -0.39 is 14.4 Å². The highest BCUT2D eigenvalue weighted by Gasteiger charge is 2.47. The van der Waals surface area contributed by atoms with Crippen molar-refractivity contribution in [1.82, 2.24) is 0 Å². The molecule has 1 aromatic carbocycles. The summed E-state index contributed by atoms with van der Waals surface area (Å²) in [4.78, 5) is 13.5. The summed E-state index contributed by atoms with van der Waals surface area (Å²) in [5.41, 5.74) is 0.989. The van der Waals surface area contributed by atoms with E-state index in [2.05, 4.69) is 45.7 Å². The summed E-state index contributed by atoms with van der Waals surface area (Å²) in [6, 6.07) is 13.9. The Labute approximate surface area is 209 Å². The van der Waals surface area contributed by atoms with Crippen LogP contribution in [0.3, 0.4) is 0 Å². The van der Waals surface area contributed by atoms with Gasteiger partial charge in [-0.25, -0.2) is 4.79 Å². The standard InChI is InChI=1S/C28H38O4SSi/c1-28(2,3)34(5,6)32-25-19-24(29)22(23(25)17-15-20-11-8-7-9-12-20)14-10-13-21-16-18-26(33-21)27(30)31-4/h7-9,11-12,16,18,22-25,29H,10,13-14,19H2,1-6H3/t22-,23-,24+,25?/m1/s1. The monoisotopic (exact) mass is 498 g/mol. The fourth-order valence-electron chi connectivity index (χ4n) is 4.25. The Kier molecular flexibility index (Phi) is 8.80. The average Bonchev–Trinajstić information content (AvgIpc) is 3.36. The number of carbonyl (C=O) groups excluding carboxylic acids is 1. The molecule has 4 nitrogen and oxygen atoms in total. The summed E-state index contributed by atoms with van der Waals surface area (Å²) < 4.78 is 11.6. The van der Waals surface area contributed by atoms with Gasteiger partial charge in [-0.15, -0.1) is 11.3 Å². The molecule has 1 heterocycles. The third-order valence-corrected chi connectivity index (χ3v) is 12.9. The molecule has 1 aliphatic carbocycles. The lowest BCUT2D eigenvalue weighted by Gasteiger charge is -2.39. The Bertz CT molecular complexity index is 1010. The molecular weight excluding hydrogens is 460 g/mol. The molecule has 2 aromatic rings. The summed E-state index contributed by atoms with van der Waals surface area (Å²) in [5.74, 6) is 6.64. The lowest BCUT2D eigenvalue weighted by atomic mass is 9.89. The molecule has 0 aliphatic heterocycles. The first kappa shape index (κ1) is 26.7. The Hall–Kier alpha value is -1.91. The van der Waals surface area contributed by atoms with Gasteiger partial charge in [0.15, 0.2) is 8.32 Å². The summed E-state index contributed by atoms with van der Waals surface area (Å²) in [6.07, 6.45) is 2.84. The van der Waals surface area contributed by atoms with Crippen LogP contribution in [0.25, 0.3) is 0 Å². The van der Waals surface area contributed by atoms with Crippen molar-refractivity contribution in [3.8, 4) is 11.8 Å². The maximum atomic E-state index is 11.7. The minimum absolute atomic E-state index is 0.00158. The van der Waals surface area contributed by atoms with Crippen LogP contribution < -0.4 is 0 Å². The zero-order chi connectivity index (χ0) is 24.9. The molecule has 1 fully saturated rings. The molecule has 34 heavy (non-hydrogen) atoms. The number of rotatable bonds is 7. The number of carbonyl (C=O) groups is 1. The van der Waals surface area contributed by atoms with Crippen LogP contribution in [-0.2, 0) is 15.6 Å². The number of thiophene rings is 1. The molecule has 0 amide bonds. The van der Waals surface area contributed by atoms with Crippen molar-refractivity contribution < 1.29 is 19.1 Å². The second-order valence-corrected chi connectivity index (χ2v) is 16.6. The molecule has 184 valence electrons. The summed E-state index contributed by atoms with van der Waals surface area (Å²) in [6.45, 7) is 11.3. The molecule has 3 rings (SSSR count). The quantitative estimate of drug-likeness (QED) is 0.277. The maximum Gasteiger partial charge on any atom is 0.348 e. The minimum atomic E-state index is -2.00. The van der Waals surface area contributed by atoms with Gasteiger partial charge in [0.1, 0.15) is 4.88 Å². The van der Waals surface area contributed by atoms with Gasteiger partial charge in [0.25, 0.3) is 0 Å². The van der Waals surface area contributed by atoms with Gasteiger partial charge < -0.3 is 14.3 Å². The summed E-state index contributed by atoms with van der Waals surface area (Å²) >= 11 is 1.48. The second kappa shape index (κ2) is 11.2. The predicted molar refractivity (Wildman–Crippen MR) is 142 cm³/mol. The van der Waals surface area contributed by atoms with E-state index in [1.807, 2.05) is 42.5 Å². The number of hydrogen-bond acceptors (Lipinski definition) is 5. The second-order valence-electron chi connectivity index (χ2n) is 10.7. The van der Waals surface area contributed by atoms with Crippen LogP contribution in [0.1, 0.15) is 60.1 Å². The summed E-state index contributed by atoms with van der Waals surface area (Å²) in [5, 5.41) is 11.1. The zero-order valence-corrected chi connectivity index (χ0v) is 23.1. The van der Waals surface area contributed by atoms with Crippen LogP contribution in [-0.4, -0.2) is 38.7 Å². The molecule has 0 spiro atoms. The highest BCUT2D eigenvalue weighted by Crippen LogP contribution is 2.43. The Morgan fingerprint density at radius 3 is 2.53 bits per heavy atom. The van der Waals surface area contributed by atoms with Crippen molar-refractivity contribution in [2.45, 2.75) is 76.8 Å². The van der Waals surface area contributed by atoms with Crippen molar-refractivity contribution in [3.63, 3.8) is 0 Å². The van der Waals surface area contributed by atoms with Crippen LogP contribution in [0.5, 0.6) is 0 Å². The van der Waals surface area contributed by atoms with E-state index in [9.17, 15) is 9.90 Å². The first-order chi connectivity index (χ1) is 16.0. The highest BCUT2D eigenvalue weighted by molar-refractivity contribution is 7.13. The lowest BCUT2D eigenvalue weighted by Crippen LogP contribution is -2.45. The lowest BCUT2D eigenvalue weighted by molar-refractivity contribution is 0.0606. The third kappa shape index (κ3) is 6.60. The Morgan fingerprint density at radius 1 is 1.18 bits per heavy atom. The Morgan fingerprint density at radius 2 is 1.88 bits per heavy atom. The molecule has 1 unspecified atom stereocenters. The fraction of sp³-hybridized carbons (Fsp3) is 0.536.